The van der Waals surface area contributed by atoms with Crippen LogP contribution in [0.5, 0.6) is 0 Å². The second-order valence-corrected chi connectivity index (χ2v) is 35.7. The summed E-state index contributed by atoms with van der Waals surface area (Å²) < 4.78 is 61.6. The lowest BCUT2D eigenvalue weighted by molar-refractivity contribution is -0.161. The third-order valence-electron chi connectivity index (χ3n) is 21.0. The molecule has 0 bridgehead atoms. The minimum absolute atomic E-state index is 0.0874. The van der Waals surface area contributed by atoms with E-state index >= 15 is 0 Å². The normalized spacial score (nSPS) is 14.3. The van der Waals surface area contributed by atoms with Gasteiger partial charge in [-0.2, -0.15) is 0 Å². The summed E-state index contributed by atoms with van der Waals surface area (Å²) >= 11 is 0. The lowest BCUT2D eigenvalue weighted by atomic mass is 10.0. The van der Waals surface area contributed by atoms with Gasteiger partial charge in [-0.1, -0.05) is 411 Å². The molecule has 5 unspecified atom stereocenters. The van der Waals surface area contributed by atoms with Crippen molar-refractivity contribution in [2.45, 2.75) is 450 Å². The predicted octanol–water partition coefficient (Wildman–Crippen LogP) is 30.7. The molecule has 0 spiro atoms. The van der Waals surface area contributed by atoms with Gasteiger partial charge in [0.25, 0.3) is 0 Å². The molecule has 0 radical (unpaired) electrons. The summed E-state index contributed by atoms with van der Waals surface area (Å²) in [6, 6.07) is 0. The highest BCUT2D eigenvalue weighted by Crippen LogP contribution is 2.45. The molecule has 0 fully saturated rings. The van der Waals surface area contributed by atoms with Gasteiger partial charge in [-0.15, -0.1) is 0 Å². The Labute approximate surface area is 740 Å². The quantitative estimate of drug-likeness (QED) is 0.0146. The zero-order chi connectivity index (χ0) is 87.9. The largest absolute Gasteiger partial charge is 0.472 e. The van der Waals surface area contributed by atoms with Gasteiger partial charge in [-0.05, 0) is 148 Å². The van der Waals surface area contributed by atoms with Crippen molar-refractivity contribution in [3.63, 3.8) is 0 Å². The average Bonchev–Trinajstić information content (AvgIpc) is 0.901. The second kappa shape index (κ2) is 94.6. The van der Waals surface area contributed by atoms with Crippen LogP contribution in [0.2, 0.25) is 0 Å². The number of hydrogen-bond acceptors (Lipinski definition) is 14. The van der Waals surface area contributed by atoms with E-state index in [0.29, 0.717) is 19.3 Å². The Balaban J connectivity index is 4.50. The first-order valence-electron chi connectivity index (χ1n) is 49.1. The van der Waals surface area contributed by atoms with E-state index in [0.717, 1.165) is 141 Å². The first-order chi connectivity index (χ1) is 59.2. The fourth-order valence-electron chi connectivity index (χ4n) is 13.6. The number of hydrogen-bond donors (Lipinski definition) is 4. The minimum atomic E-state index is -4.95. The Morgan fingerprint density at radius 1 is 0.240 bits per heavy atom. The van der Waals surface area contributed by atoms with Crippen LogP contribution in [0.25, 0.3) is 0 Å². The summed E-state index contributed by atoms with van der Waals surface area (Å²) in [5.41, 5.74) is 0. The Hall–Kier alpha value is -4.57. The molecule has 0 saturated carbocycles. The van der Waals surface area contributed by atoms with Gasteiger partial charge in [0, 0.05) is 19.3 Å². The van der Waals surface area contributed by atoms with E-state index in [9.17, 15) is 43.5 Å². The number of phosphoric acid groups is 2. The van der Waals surface area contributed by atoms with E-state index in [1.54, 1.807) is 0 Å². The van der Waals surface area contributed by atoms with Gasteiger partial charge in [0.2, 0.25) is 0 Å². The van der Waals surface area contributed by atoms with E-state index in [-0.39, 0.29) is 19.3 Å². The molecule has 698 valence electrons. The van der Waals surface area contributed by atoms with E-state index < -0.39 is 91.5 Å². The fourth-order valence-corrected chi connectivity index (χ4v) is 15.2. The highest BCUT2D eigenvalue weighted by molar-refractivity contribution is 7.47. The molecule has 0 aliphatic heterocycles. The van der Waals surface area contributed by atoms with Crippen LogP contribution < -0.4 is 0 Å². The first kappa shape index (κ1) is 116. The van der Waals surface area contributed by atoms with Crippen LogP contribution in [0.4, 0.5) is 0 Å². The Morgan fingerprint density at radius 3 is 0.694 bits per heavy atom. The topological polar surface area (TPSA) is 231 Å². The van der Waals surface area contributed by atoms with Crippen LogP contribution >= 0.6 is 15.6 Å². The summed E-state index contributed by atoms with van der Waals surface area (Å²) in [5.74, 6) is -1.57. The maximum absolute atomic E-state index is 13.1. The number of rotatable bonds is 93. The molecule has 0 heterocycles. The fraction of sp³-hybridized carbons (Fsp3) is 0.738. The van der Waals surface area contributed by atoms with Gasteiger partial charge in [0.1, 0.15) is 25.4 Å². The number of allylic oxidation sites excluding steroid dienone is 24. The van der Waals surface area contributed by atoms with E-state index in [2.05, 4.69) is 167 Å². The van der Waals surface area contributed by atoms with Crippen LogP contribution in [0.15, 0.2) is 146 Å². The van der Waals surface area contributed by atoms with Gasteiger partial charge in [-0.25, -0.2) is 9.13 Å². The zero-order valence-corrected chi connectivity index (χ0v) is 79.0. The van der Waals surface area contributed by atoms with Crippen LogP contribution in [0, 0.1) is 0 Å². The molecule has 4 N–H and O–H groups in total. The van der Waals surface area contributed by atoms with Gasteiger partial charge < -0.3 is 34.2 Å². The Bertz CT molecular complexity index is 2780. The van der Waals surface area contributed by atoms with Crippen LogP contribution in [-0.2, 0) is 55.8 Å². The predicted molar refractivity (Wildman–Crippen MR) is 509 cm³/mol. The molecule has 16 nitrogen and oxygen atoms in total. The average molecular weight is 1740 g/mol. The van der Waals surface area contributed by atoms with Crippen molar-refractivity contribution in [2.75, 3.05) is 39.6 Å². The highest BCUT2D eigenvalue weighted by Gasteiger charge is 2.30. The SMILES string of the molecule is CC/C=C\C/C=C\C/C=C\C/C=C\CCCCCCCCC(=O)OC(COC(=O)CCCCCCCCCCCCCCCCCCC/C=C\C/C=C\C/C=C\C/C=C\CCCCC)COP(=O)(O)OCC(O)COP(=O)(O)OCC(O)COC(=O)CCCCCCCCCCCCCCCCCCC/C=C\C/C=C\C/C=C\C/C=C\CCCCC. The van der Waals surface area contributed by atoms with Gasteiger partial charge in [0.15, 0.2) is 6.10 Å². The lowest BCUT2D eigenvalue weighted by Crippen LogP contribution is -2.30. The monoisotopic (exact) mass is 1740 g/mol. The molecule has 18 heteroatoms. The number of ether oxygens (including phenoxy) is 3. The van der Waals surface area contributed by atoms with Crippen molar-refractivity contribution in [2.24, 2.45) is 0 Å². The molecule has 0 amide bonds. The number of carbonyl (C=O) groups is 3. The third-order valence-corrected chi connectivity index (χ3v) is 22.9. The van der Waals surface area contributed by atoms with Crippen molar-refractivity contribution in [1.82, 2.24) is 0 Å². The molecule has 0 aromatic rings. The van der Waals surface area contributed by atoms with E-state index in [1.165, 1.54) is 231 Å². The lowest BCUT2D eigenvalue weighted by Gasteiger charge is -2.21. The third kappa shape index (κ3) is 95.9. The molecule has 0 rings (SSSR count). The van der Waals surface area contributed by atoms with Crippen molar-refractivity contribution < 1.29 is 75.8 Å². The Morgan fingerprint density at radius 2 is 0.438 bits per heavy atom. The summed E-state index contributed by atoms with van der Waals surface area (Å²) in [5, 5.41) is 20.8. The summed E-state index contributed by atoms with van der Waals surface area (Å²) in [7, 11) is -9.81. The summed E-state index contributed by atoms with van der Waals surface area (Å²) in [4.78, 5) is 59.1. The number of esters is 3. The smallest absolute Gasteiger partial charge is 0.463 e. The molecular formula is C103H180O16P2. The number of aliphatic hydroxyl groups excluding tert-OH is 2. The summed E-state index contributed by atoms with van der Waals surface area (Å²) in [6.45, 7) is 2.57. The van der Waals surface area contributed by atoms with Crippen LogP contribution in [0.1, 0.15) is 432 Å². The molecule has 0 aromatic carbocycles. The number of carbonyl (C=O) groups excluding carboxylic acids is 3. The van der Waals surface area contributed by atoms with Crippen molar-refractivity contribution >= 4 is 33.6 Å². The maximum Gasteiger partial charge on any atom is 0.472 e. The van der Waals surface area contributed by atoms with Crippen LogP contribution in [0.3, 0.4) is 0 Å². The molecule has 5 atom stereocenters. The maximum atomic E-state index is 13.1. The minimum Gasteiger partial charge on any atom is -0.463 e. The molecule has 0 aromatic heterocycles. The summed E-state index contributed by atoms with van der Waals surface area (Å²) in [6.07, 6.45) is 121. The van der Waals surface area contributed by atoms with Crippen molar-refractivity contribution in [3.8, 4) is 0 Å². The highest BCUT2D eigenvalue weighted by atomic mass is 31.2. The first-order valence-corrected chi connectivity index (χ1v) is 52.1. The standard InChI is InChI=1S/C103H180O16P2/c1-4-7-10-13-16-19-22-25-28-31-34-36-38-40-42-44-46-48-50-52-54-56-58-60-63-65-68-71-74-77-80-83-86-89-101(106)113-92-98(104)93-115-120(109,110)116-94-99(105)95-117-121(111,112)118-97-100(119-103(108)91-88-85-82-79-76-73-70-67-62-33-30-27-24-21-18-15-12-9-6-3)96-114-102(107)90-87-84-81-78-75-72-69-66-64-61-59-57-55-53-51-49-47-45-43-41-39-37-35-32-29-26-23-20-17-14-11-8-5-2/h9,12,16-21,25-30,34-37,40-43,62,67,98-100,104-105H,4-8,10-11,13-15,22-24,31-33,38-39,44-61,63-66,68-97H2,1-3H3,(H,109,110)(H,111,112)/b12-9-,19-16-,20-17-,21-18-,28-25-,29-26-,30-27-,36-34-,37-35-,42-40-,43-41-,67-62-. The van der Waals surface area contributed by atoms with Gasteiger partial charge in [0.05, 0.1) is 26.4 Å². The van der Waals surface area contributed by atoms with Gasteiger partial charge >= 0.3 is 33.6 Å². The Kier molecular flexibility index (Phi) is 91.0. The van der Waals surface area contributed by atoms with Crippen LogP contribution in [-0.4, -0.2) is 95.9 Å². The molecule has 0 aliphatic carbocycles. The zero-order valence-electron chi connectivity index (χ0n) is 77.2. The molecule has 0 saturated heterocycles. The van der Waals surface area contributed by atoms with E-state index in [1.807, 2.05) is 0 Å². The number of phosphoric ester groups is 2. The van der Waals surface area contributed by atoms with Gasteiger partial charge in [-0.3, -0.25) is 32.5 Å². The second-order valence-electron chi connectivity index (χ2n) is 32.8. The number of aliphatic hydroxyl groups is 2. The molecular weight excluding hydrogens is 1560 g/mol. The number of unbranched alkanes of at least 4 members (excludes halogenated alkanes) is 46. The van der Waals surface area contributed by atoms with Crippen molar-refractivity contribution in [3.05, 3.63) is 146 Å². The van der Waals surface area contributed by atoms with E-state index in [4.69, 9.17) is 32.3 Å². The van der Waals surface area contributed by atoms with Crippen molar-refractivity contribution in [1.29, 1.82) is 0 Å². The molecule has 0 aliphatic rings. The molecule has 121 heavy (non-hydrogen) atoms.